The standard InChI is InChI=1S/C12H22N2O4S/c1-2-11-10-7-13-6-9(10)8-14(11)19(17,18)5-3-4-12(15)16/h9-11,13H,2-8H2,1H3,(H,15,16). The molecule has 0 aromatic carbocycles. The Hall–Kier alpha value is -0.660. The molecule has 3 unspecified atom stereocenters. The summed E-state index contributed by atoms with van der Waals surface area (Å²) >= 11 is 0. The fourth-order valence-corrected chi connectivity index (χ4v) is 5.21. The van der Waals surface area contributed by atoms with Crippen molar-refractivity contribution in [3.05, 3.63) is 0 Å². The average molecular weight is 290 g/mol. The van der Waals surface area contributed by atoms with Crippen molar-refractivity contribution >= 4 is 16.0 Å². The van der Waals surface area contributed by atoms with E-state index >= 15 is 0 Å². The Morgan fingerprint density at radius 2 is 2.16 bits per heavy atom. The Morgan fingerprint density at radius 3 is 2.79 bits per heavy atom. The third-order valence-corrected chi connectivity index (χ3v) is 6.18. The van der Waals surface area contributed by atoms with Gasteiger partial charge in [-0.1, -0.05) is 6.92 Å². The van der Waals surface area contributed by atoms with Crippen molar-refractivity contribution in [1.82, 2.24) is 9.62 Å². The van der Waals surface area contributed by atoms with Crippen LogP contribution in [0.15, 0.2) is 0 Å². The number of nitrogens with zero attached hydrogens (tertiary/aromatic N) is 1. The second-order valence-electron chi connectivity index (χ2n) is 5.44. The maximum absolute atomic E-state index is 12.3. The molecule has 0 aromatic heterocycles. The van der Waals surface area contributed by atoms with Crippen LogP contribution in [-0.2, 0) is 14.8 Å². The van der Waals surface area contributed by atoms with Crippen molar-refractivity contribution in [3.8, 4) is 0 Å². The maximum Gasteiger partial charge on any atom is 0.303 e. The summed E-state index contributed by atoms with van der Waals surface area (Å²) in [6, 6.07) is 0.0785. The van der Waals surface area contributed by atoms with Crippen LogP contribution in [0.25, 0.3) is 0 Å². The van der Waals surface area contributed by atoms with Gasteiger partial charge in [-0.2, -0.15) is 4.31 Å². The van der Waals surface area contributed by atoms with Crippen LogP contribution < -0.4 is 5.32 Å². The summed E-state index contributed by atoms with van der Waals surface area (Å²) < 4.78 is 26.3. The zero-order valence-electron chi connectivity index (χ0n) is 11.2. The lowest BCUT2D eigenvalue weighted by molar-refractivity contribution is -0.137. The Bertz CT molecular complexity index is 437. The van der Waals surface area contributed by atoms with Crippen molar-refractivity contribution in [2.75, 3.05) is 25.4 Å². The van der Waals surface area contributed by atoms with E-state index in [-0.39, 0.29) is 24.6 Å². The highest BCUT2D eigenvalue weighted by Gasteiger charge is 2.47. The van der Waals surface area contributed by atoms with Crippen molar-refractivity contribution in [2.24, 2.45) is 11.8 Å². The molecule has 0 aliphatic carbocycles. The quantitative estimate of drug-likeness (QED) is 0.725. The van der Waals surface area contributed by atoms with E-state index in [0.29, 0.717) is 18.4 Å². The summed E-state index contributed by atoms with van der Waals surface area (Å²) in [5.41, 5.74) is 0. The van der Waals surface area contributed by atoms with Gasteiger partial charge in [-0.15, -0.1) is 0 Å². The Morgan fingerprint density at radius 1 is 1.42 bits per heavy atom. The smallest absolute Gasteiger partial charge is 0.303 e. The second-order valence-corrected chi connectivity index (χ2v) is 7.48. The number of fused-ring (bicyclic) bond motifs is 1. The molecule has 2 fully saturated rings. The van der Waals surface area contributed by atoms with Crippen LogP contribution >= 0.6 is 0 Å². The van der Waals surface area contributed by atoms with E-state index in [1.54, 1.807) is 4.31 Å². The summed E-state index contributed by atoms with van der Waals surface area (Å²) in [5, 5.41) is 11.9. The van der Waals surface area contributed by atoms with Gasteiger partial charge in [0.15, 0.2) is 0 Å². The zero-order valence-corrected chi connectivity index (χ0v) is 12.0. The molecule has 2 heterocycles. The summed E-state index contributed by atoms with van der Waals surface area (Å²) in [6.07, 6.45) is 0.928. The normalized spacial score (nSPS) is 31.5. The van der Waals surface area contributed by atoms with E-state index < -0.39 is 16.0 Å². The molecule has 2 aliphatic rings. The number of nitrogens with one attached hydrogen (secondary N) is 1. The molecule has 3 atom stereocenters. The van der Waals surface area contributed by atoms with Gasteiger partial charge in [-0.05, 0) is 37.8 Å². The van der Waals surface area contributed by atoms with Gasteiger partial charge in [0.1, 0.15) is 0 Å². The Labute approximate surface area is 114 Å². The molecule has 2 aliphatic heterocycles. The molecule has 0 aromatic rings. The van der Waals surface area contributed by atoms with Crippen LogP contribution in [-0.4, -0.2) is 55.2 Å². The van der Waals surface area contributed by atoms with Crippen molar-refractivity contribution < 1.29 is 18.3 Å². The molecule has 110 valence electrons. The van der Waals surface area contributed by atoms with E-state index in [9.17, 15) is 13.2 Å². The SMILES string of the molecule is CCC1C2CNCC2CN1S(=O)(=O)CCCC(=O)O. The van der Waals surface area contributed by atoms with E-state index in [4.69, 9.17) is 5.11 Å². The number of carboxylic acid groups (broad SMARTS) is 1. The first kappa shape index (κ1) is 14.7. The molecular weight excluding hydrogens is 268 g/mol. The van der Waals surface area contributed by atoms with E-state index in [1.165, 1.54) is 0 Å². The van der Waals surface area contributed by atoms with Gasteiger partial charge in [0.2, 0.25) is 10.0 Å². The monoisotopic (exact) mass is 290 g/mol. The van der Waals surface area contributed by atoms with Crippen molar-refractivity contribution in [3.63, 3.8) is 0 Å². The first-order valence-electron chi connectivity index (χ1n) is 6.87. The predicted octanol–water partition coefficient (Wildman–Crippen LogP) is 0.111. The molecule has 0 radical (unpaired) electrons. The molecule has 0 bridgehead atoms. The van der Waals surface area contributed by atoms with Gasteiger partial charge >= 0.3 is 5.97 Å². The minimum atomic E-state index is -3.32. The minimum absolute atomic E-state index is 0.0529. The van der Waals surface area contributed by atoms with Crippen LogP contribution in [0.4, 0.5) is 0 Å². The fourth-order valence-electron chi connectivity index (χ4n) is 3.33. The lowest BCUT2D eigenvalue weighted by Crippen LogP contribution is -2.40. The molecule has 2 N–H and O–H groups in total. The molecule has 0 amide bonds. The second kappa shape index (κ2) is 5.76. The fraction of sp³-hybridized carbons (Fsp3) is 0.917. The van der Waals surface area contributed by atoms with Gasteiger partial charge in [-0.3, -0.25) is 4.79 Å². The van der Waals surface area contributed by atoms with Gasteiger partial charge in [0.05, 0.1) is 5.75 Å². The molecule has 7 heteroatoms. The number of hydrogen-bond acceptors (Lipinski definition) is 4. The number of carboxylic acids is 1. The average Bonchev–Trinajstić information content (AvgIpc) is 2.87. The molecule has 2 saturated heterocycles. The zero-order chi connectivity index (χ0) is 14.0. The number of hydrogen-bond donors (Lipinski definition) is 2. The summed E-state index contributed by atoms with van der Waals surface area (Å²) in [5.74, 6) is -0.161. The van der Waals surface area contributed by atoms with Crippen LogP contribution in [0, 0.1) is 11.8 Å². The topological polar surface area (TPSA) is 86.7 Å². The maximum atomic E-state index is 12.3. The van der Waals surface area contributed by atoms with Gasteiger partial charge < -0.3 is 10.4 Å². The van der Waals surface area contributed by atoms with Crippen LogP contribution in [0.5, 0.6) is 0 Å². The van der Waals surface area contributed by atoms with E-state index in [2.05, 4.69) is 5.32 Å². The number of rotatable bonds is 6. The van der Waals surface area contributed by atoms with Gasteiger partial charge in [0.25, 0.3) is 0 Å². The summed E-state index contributed by atoms with van der Waals surface area (Å²) in [6.45, 7) is 4.39. The van der Waals surface area contributed by atoms with E-state index in [0.717, 1.165) is 19.5 Å². The number of aliphatic carboxylic acids is 1. The Balaban J connectivity index is 2.01. The number of carbonyl (C=O) groups is 1. The molecule has 0 spiro atoms. The first-order chi connectivity index (χ1) is 8.95. The lowest BCUT2D eigenvalue weighted by Gasteiger charge is -2.26. The van der Waals surface area contributed by atoms with Crippen LogP contribution in [0.1, 0.15) is 26.2 Å². The van der Waals surface area contributed by atoms with E-state index in [1.807, 2.05) is 6.92 Å². The highest BCUT2D eigenvalue weighted by molar-refractivity contribution is 7.89. The van der Waals surface area contributed by atoms with Crippen molar-refractivity contribution in [1.29, 1.82) is 0 Å². The molecule has 2 rings (SSSR count). The first-order valence-corrected chi connectivity index (χ1v) is 8.48. The summed E-state index contributed by atoms with van der Waals surface area (Å²) in [7, 11) is -3.32. The van der Waals surface area contributed by atoms with Gasteiger partial charge in [-0.25, -0.2) is 8.42 Å². The van der Waals surface area contributed by atoms with Gasteiger partial charge in [0, 0.05) is 19.0 Å². The number of sulfonamides is 1. The highest BCUT2D eigenvalue weighted by Crippen LogP contribution is 2.36. The minimum Gasteiger partial charge on any atom is -0.481 e. The van der Waals surface area contributed by atoms with Crippen LogP contribution in [0.3, 0.4) is 0 Å². The highest BCUT2D eigenvalue weighted by atomic mass is 32.2. The molecular formula is C12H22N2O4S. The third kappa shape index (κ3) is 3.09. The lowest BCUT2D eigenvalue weighted by atomic mass is 9.93. The molecule has 19 heavy (non-hydrogen) atoms. The third-order valence-electron chi connectivity index (χ3n) is 4.24. The molecule has 0 saturated carbocycles. The predicted molar refractivity (Wildman–Crippen MR) is 71.3 cm³/mol. The van der Waals surface area contributed by atoms with Crippen LogP contribution in [0.2, 0.25) is 0 Å². The summed E-state index contributed by atoms with van der Waals surface area (Å²) in [4.78, 5) is 10.5. The molecule has 6 nitrogen and oxygen atoms in total. The Kier molecular flexibility index (Phi) is 4.47. The largest absolute Gasteiger partial charge is 0.481 e. The van der Waals surface area contributed by atoms with Crippen molar-refractivity contribution in [2.45, 2.75) is 32.2 Å².